The molecule has 0 spiro atoms. The number of aromatic nitrogens is 2. The zero-order valence-electron chi connectivity index (χ0n) is 10.8. The van der Waals surface area contributed by atoms with E-state index in [9.17, 15) is 4.39 Å². The Balaban J connectivity index is 2.21. The molecule has 0 atom stereocenters. The number of hydrogen-bond acceptors (Lipinski definition) is 2. The smallest absolute Gasteiger partial charge is 0.127 e. The van der Waals surface area contributed by atoms with Crippen LogP contribution in [-0.2, 0) is 19.5 Å². The molecule has 0 aliphatic heterocycles. The van der Waals surface area contributed by atoms with Crippen molar-refractivity contribution in [2.45, 2.75) is 26.4 Å². The summed E-state index contributed by atoms with van der Waals surface area (Å²) < 4.78 is 15.6. The van der Waals surface area contributed by atoms with E-state index in [2.05, 4.69) is 21.8 Å². The van der Waals surface area contributed by atoms with Gasteiger partial charge in [-0.25, -0.2) is 9.37 Å². The van der Waals surface area contributed by atoms with Gasteiger partial charge in [0, 0.05) is 37.5 Å². The van der Waals surface area contributed by atoms with E-state index in [1.807, 2.05) is 25.4 Å². The van der Waals surface area contributed by atoms with Crippen LogP contribution >= 0.6 is 0 Å². The summed E-state index contributed by atoms with van der Waals surface area (Å²) in [5, 5.41) is 2.97. The summed E-state index contributed by atoms with van der Waals surface area (Å²) in [7, 11) is 1.82. The van der Waals surface area contributed by atoms with E-state index in [4.69, 9.17) is 0 Å². The molecular weight excluding hydrogens is 229 g/mol. The number of nitrogens with one attached hydrogen (secondary N) is 1. The van der Waals surface area contributed by atoms with Gasteiger partial charge in [-0.2, -0.15) is 0 Å². The molecule has 1 heterocycles. The maximum atomic E-state index is 13.5. The first-order valence-corrected chi connectivity index (χ1v) is 6.16. The Labute approximate surface area is 107 Å². The fourth-order valence-corrected chi connectivity index (χ4v) is 2.04. The lowest BCUT2D eigenvalue weighted by Gasteiger charge is -2.08. The summed E-state index contributed by atoms with van der Waals surface area (Å²) in [6.45, 7) is 3.53. The summed E-state index contributed by atoms with van der Waals surface area (Å²) in [5.41, 5.74) is 1.78. The van der Waals surface area contributed by atoms with E-state index in [1.165, 1.54) is 6.07 Å². The molecule has 0 aliphatic carbocycles. The standard InChI is InChI=1S/C14H18FN3/c1-3-18-7-6-17-14(18)9-11-4-5-13(15)12(8-11)10-16-2/h4-8,16H,3,9-10H2,1-2H3. The molecule has 3 nitrogen and oxygen atoms in total. The molecule has 1 aromatic carbocycles. The van der Waals surface area contributed by atoms with Crippen molar-refractivity contribution in [3.05, 3.63) is 53.4 Å². The SMILES string of the molecule is CCn1ccnc1Cc1ccc(F)c(CNC)c1. The van der Waals surface area contributed by atoms with Crippen molar-refractivity contribution in [2.75, 3.05) is 7.05 Å². The van der Waals surface area contributed by atoms with Crippen LogP contribution in [0.2, 0.25) is 0 Å². The van der Waals surface area contributed by atoms with Gasteiger partial charge in [-0.05, 0) is 25.6 Å². The zero-order valence-corrected chi connectivity index (χ0v) is 10.8. The van der Waals surface area contributed by atoms with Crippen molar-refractivity contribution in [1.29, 1.82) is 0 Å². The number of nitrogens with zero attached hydrogens (tertiary/aromatic N) is 2. The Bertz CT molecular complexity index is 520. The van der Waals surface area contributed by atoms with Crippen LogP contribution < -0.4 is 5.32 Å². The van der Waals surface area contributed by atoms with Crippen molar-refractivity contribution >= 4 is 0 Å². The highest BCUT2D eigenvalue weighted by atomic mass is 19.1. The van der Waals surface area contributed by atoms with Gasteiger partial charge in [0.05, 0.1) is 0 Å². The largest absolute Gasteiger partial charge is 0.335 e. The van der Waals surface area contributed by atoms with Gasteiger partial charge in [-0.3, -0.25) is 0 Å². The minimum Gasteiger partial charge on any atom is -0.335 e. The summed E-state index contributed by atoms with van der Waals surface area (Å²) in [4.78, 5) is 4.33. The van der Waals surface area contributed by atoms with Gasteiger partial charge in [0.1, 0.15) is 11.6 Å². The van der Waals surface area contributed by atoms with E-state index < -0.39 is 0 Å². The minimum atomic E-state index is -0.160. The van der Waals surface area contributed by atoms with E-state index in [-0.39, 0.29) is 5.82 Å². The molecule has 18 heavy (non-hydrogen) atoms. The molecule has 0 radical (unpaired) electrons. The third-order valence-corrected chi connectivity index (χ3v) is 2.98. The third kappa shape index (κ3) is 2.76. The predicted molar refractivity (Wildman–Crippen MR) is 69.9 cm³/mol. The lowest BCUT2D eigenvalue weighted by Crippen LogP contribution is -2.08. The van der Waals surface area contributed by atoms with Gasteiger partial charge in [0.2, 0.25) is 0 Å². The van der Waals surface area contributed by atoms with Gasteiger partial charge < -0.3 is 9.88 Å². The summed E-state index contributed by atoms with van der Waals surface area (Å²) in [6.07, 6.45) is 4.50. The molecule has 96 valence electrons. The van der Waals surface area contributed by atoms with E-state index in [0.29, 0.717) is 12.1 Å². The van der Waals surface area contributed by atoms with E-state index >= 15 is 0 Å². The summed E-state index contributed by atoms with van der Waals surface area (Å²) in [6, 6.07) is 5.25. The maximum Gasteiger partial charge on any atom is 0.127 e. The van der Waals surface area contributed by atoms with Gasteiger partial charge >= 0.3 is 0 Å². The number of rotatable bonds is 5. The van der Waals surface area contributed by atoms with Crippen molar-refractivity contribution in [3.63, 3.8) is 0 Å². The average Bonchev–Trinajstić information content (AvgIpc) is 2.81. The van der Waals surface area contributed by atoms with Crippen molar-refractivity contribution in [2.24, 2.45) is 0 Å². The summed E-state index contributed by atoms with van der Waals surface area (Å²) in [5.74, 6) is 0.853. The Morgan fingerprint density at radius 1 is 1.39 bits per heavy atom. The van der Waals surface area contributed by atoms with Gasteiger partial charge in [-0.1, -0.05) is 12.1 Å². The maximum absolute atomic E-state index is 13.5. The van der Waals surface area contributed by atoms with E-state index in [0.717, 1.165) is 24.4 Å². The Morgan fingerprint density at radius 2 is 2.22 bits per heavy atom. The Kier molecular flexibility index (Phi) is 4.10. The molecule has 0 bridgehead atoms. The molecule has 2 aromatic rings. The first-order valence-electron chi connectivity index (χ1n) is 6.16. The highest BCUT2D eigenvalue weighted by Gasteiger charge is 2.06. The van der Waals surface area contributed by atoms with Crippen LogP contribution in [-0.4, -0.2) is 16.6 Å². The highest BCUT2D eigenvalue weighted by Crippen LogP contribution is 2.14. The van der Waals surface area contributed by atoms with Crippen molar-refractivity contribution < 1.29 is 4.39 Å². The van der Waals surface area contributed by atoms with Crippen molar-refractivity contribution in [3.8, 4) is 0 Å². The van der Waals surface area contributed by atoms with Crippen LogP contribution in [0.5, 0.6) is 0 Å². The van der Waals surface area contributed by atoms with Crippen LogP contribution in [0.3, 0.4) is 0 Å². The zero-order chi connectivity index (χ0) is 13.0. The summed E-state index contributed by atoms with van der Waals surface area (Å²) >= 11 is 0. The molecule has 0 saturated carbocycles. The fourth-order valence-electron chi connectivity index (χ4n) is 2.04. The average molecular weight is 247 g/mol. The van der Waals surface area contributed by atoms with Crippen LogP contribution in [0.1, 0.15) is 23.9 Å². The second-order valence-corrected chi connectivity index (χ2v) is 4.26. The second-order valence-electron chi connectivity index (χ2n) is 4.26. The lowest BCUT2D eigenvalue weighted by molar-refractivity contribution is 0.599. The van der Waals surface area contributed by atoms with Crippen LogP contribution in [0.15, 0.2) is 30.6 Å². The number of halogens is 1. The number of hydrogen-bond donors (Lipinski definition) is 1. The molecule has 4 heteroatoms. The number of benzene rings is 1. The van der Waals surface area contributed by atoms with Crippen molar-refractivity contribution in [1.82, 2.24) is 14.9 Å². The topological polar surface area (TPSA) is 29.9 Å². The number of imidazole rings is 1. The molecule has 1 N–H and O–H groups in total. The molecular formula is C14H18FN3. The molecule has 0 amide bonds. The Morgan fingerprint density at radius 3 is 2.94 bits per heavy atom. The highest BCUT2D eigenvalue weighted by molar-refractivity contribution is 5.27. The number of aryl methyl sites for hydroxylation is 1. The quantitative estimate of drug-likeness (QED) is 0.879. The molecule has 0 saturated heterocycles. The molecule has 2 rings (SSSR count). The molecule has 0 unspecified atom stereocenters. The Hall–Kier alpha value is -1.68. The molecule has 0 fully saturated rings. The first kappa shape index (κ1) is 12.8. The normalized spacial score (nSPS) is 10.8. The third-order valence-electron chi connectivity index (χ3n) is 2.98. The minimum absolute atomic E-state index is 0.160. The lowest BCUT2D eigenvalue weighted by atomic mass is 10.1. The molecule has 0 aliphatic rings. The predicted octanol–water partition coefficient (Wildman–Crippen LogP) is 2.35. The van der Waals surface area contributed by atoms with Gasteiger partial charge in [-0.15, -0.1) is 0 Å². The first-order chi connectivity index (χ1) is 8.74. The van der Waals surface area contributed by atoms with Crippen LogP contribution in [0.25, 0.3) is 0 Å². The van der Waals surface area contributed by atoms with Crippen LogP contribution in [0, 0.1) is 5.82 Å². The monoisotopic (exact) mass is 247 g/mol. The van der Waals surface area contributed by atoms with Gasteiger partial charge in [0.15, 0.2) is 0 Å². The van der Waals surface area contributed by atoms with E-state index in [1.54, 1.807) is 6.20 Å². The molecule has 1 aromatic heterocycles. The second kappa shape index (κ2) is 5.78. The van der Waals surface area contributed by atoms with Gasteiger partial charge in [0.25, 0.3) is 0 Å². The fraction of sp³-hybridized carbons (Fsp3) is 0.357. The van der Waals surface area contributed by atoms with Crippen LogP contribution in [0.4, 0.5) is 4.39 Å².